The molecule has 0 bridgehead atoms. The minimum absolute atomic E-state index is 1.43. The van der Waals surface area contributed by atoms with Crippen LogP contribution < -0.4 is 0 Å². The summed E-state index contributed by atoms with van der Waals surface area (Å²) in [7, 11) is 0. The standard InChI is InChI=1S/C3H3Cl3O4/c4-1(7)3(5,9)2(8)10-6/h1,7,9H. The Morgan fingerprint density at radius 2 is 2.10 bits per heavy atom. The van der Waals surface area contributed by atoms with E-state index in [9.17, 15) is 4.79 Å². The van der Waals surface area contributed by atoms with Gasteiger partial charge in [-0.05, 0) is 0 Å². The summed E-state index contributed by atoms with van der Waals surface area (Å²) in [6.07, 6.45) is 0. The van der Waals surface area contributed by atoms with Gasteiger partial charge in [0, 0.05) is 0 Å². The number of aliphatic hydroxyl groups excluding tert-OH is 1. The van der Waals surface area contributed by atoms with E-state index in [1.165, 1.54) is 0 Å². The summed E-state index contributed by atoms with van der Waals surface area (Å²) in [5, 5.41) is 14.4. The van der Waals surface area contributed by atoms with Gasteiger partial charge in [-0.15, -0.1) is 0 Å². The van der Waals surface area contributed by atoms with E-state index in [-0.39, 0.29) is 0 Å². The second-order valence-electron chi connectivity index (χ2n) is 1.37. The Bertz CT molecular complexity index is 134. The highest BCUT2D eigenvalue weighted by Gasteiger charge is 2.42. The summed E-state index contributed by atoms with van der Waals surface area (Å²) in [5.74, 6) is -1.43. The first-order chi connectivity index (χ1) is 4.42. The molecule has 0 rings (SSSR count). The molecule has 0 heterocycles. The Balaban J connectivity index is 4.24. The maximum absolute atomic E-state index is 10.3. The van der Waals surface area contributed by atoms with Crippen LogP contribution in [0.1, 0.15) is 0 Å². The van der Waals surface area contributed by atoms with Crippen molar-refractivity contribution in [3.05, 3.63) is 0 Å². The molecule has 2 unspecified atom stereocenters. The quantitative estimate of drug-likeness (QED) is 0.636. The molecule has 0 aromatic rings. The lowest BCUT2D eigenvalue weighted by Gasteiger charge is -2.16. The smallest absolute Gasteiger partial charge is 0.373 e. The average molecular weight is 209 g/mol. The highest BCUT2D eigenvalue weighted by atomic mass is 35.5. The van der Waals surface area contributed by atoms with Crippen LogP contribution >= 0.6 is 35.1 Å². The molecular weight excluding hydrogens is 206 g/mol. The first kappa shape index (κ1) is 10.3. The van der Waals surface area contributed by atoms with Crippen molar-refractivity contribution in [2.24, 2.45) is 0 Å². The van der Waals surface area contributed by atoms with Crippen LogP contribution in [0.4, 0.5) is 0 Å². The van der Waals surface area contributed by atoms with Crippen LogP contribution in [0.25, 0.3) is 0 Å². The van der Waals surface area contributed by atoms with Crippen LogP contribution in [-0.2, 0) is 9.08 Å². The minimum atomic E-state index is -2.69. The molecule has 10 heavy (non-hydrogen) atoms. The van der Waals surface area contributed by atoms with Crippen LogP contribution in [0.15, 0.2) is 0 Å². The Kier molecular flexibility index (Phi) is 3.69. The predicted octanol–water partition coefficient (Wildman–Crippen LogP) is 0.168. The van der Waals surface area contributed by atoms with Crippen LogP contribution in [-0.4, -0.2) is 26.8 Å². The number of aliphatic hydroxyl groups is 2. The monoisotopic (exact) mass is 208 g/mol. The van der Waals surface area contributed by atoms with Gasteiger partial charge in [0.05, 0.1) is 0 Å². The third kappa shape index (κ3) is 2.14. The Hall–Kier alpha value is 0.260. The van der Waals surface area contributed by atoms with Gasteiger partial charge in [0.25, 0.3) is 5.06 Å². The van der Waals surface area contributed by atoms with Crippen molar-refractivity contribution < 1.29 is 19.3 Å². The topological polar surface area (TPSA) is 66.8 Å². The summed E-state index contributed by atoms with van der Waals surface area (Å²) in [5.41, 5.74) is -1.97. The van der Waals surface area contributed by atoms with E-state index < -0.39 is 16.6 Å². The SMILES string of the molecule is O=C(OCl)C(O)(Cl)C(O)Cl. The lowest BCUT2D eigenvalue weighted by atomic mass is 10.4. The number of carbonyl (C=O) groups excluding carboxylic acids is 1. The fourth-order valence-corrected chi connectivity index (χ4v) is 0.436. The number of hydrogen-bond acceptors (Lipinski definition) is 4. The van der Waals surface area contributed by atoms with E-state index in [1.54, 1.807) is 0 Å². The van der Waals surface area contributed by atoms with Crippen molar-refractivity contribution in [3.63, 3.8) is 0 Å². The molecule has 2 N–H and O–H groups in total. The summed E-state index contributed by atoms with van der Waals surface area (Å²) in [4.78, 5) is 10.3. The Labute approximate surface area is 71.4 Å². The summed E-state index contributed by atoms with van der Waals surface area (Å²) in [6, 6.07) is 0. The number of hydrogen-bond donors (Lipinski definition) is 2. The molecule has 4 nitrogen and oxygen atoms in total. The molecule has 0 radical (unpaired) electrons. The predicted molar refractivity (Wildman–Crippen MR) is 34.6 cm³/mol. The molecule has 0 aromatic heterocycles. The molecule has 0 aliphatic rings. The molecule has 0 spiro atoms. The van der Waals surface area contributed by atoms with E-state index in [0.717, 1.165) is 0 Å². The summed E-state index contributed by atoms with van der Waals surface area (Å²) in [6.45, 7) is 0. The van der Waals surface area contributed by atoms with Crippen molar-refractivity contribution in [1.29, 1.82) is 0 Å². The second-order valence-corrected chi connectivity index (χ2v) is 2.52. The zero-order chi connectivity index (χ0) is 8.36. The lowest BCUT2D eigenvalue weighted by Crippen LogP contribution is -2.41. The normalized spacial score (nSPS) is 19.3. The maximum atomic E-state index is 10.3. The molecular formula is C3H3Cl3O4. The molecule has 0 aliphatic heterocycles. The van der Waals surface area contributed by atoms with Gasteiger partial charge in [-0.2, -0.15) is 0 Å². The zero-order valence-electron chi connectivity index (χ0n) is 4.42. The zero-order valence-corrected chi connectivity index (χ0v) is 6.69. The van der Waals surface area contributed by atoms with Crippen LogP contribution in [0.2, 0.25) is 0 Å². The highest BCUT2D eigenvalue weighted by molar-refractivity contribution is 6.39. The molecule has 0 saturated heterocycles. The van der Waals surface area contributed by atoms with Crippen molar-refractivity contribution in [2.75, 3.05) is 0 Å². The molecule has 7 heteroatoms. The lowest BCUT2D eigenvalue weighted by molar-refractivity contribution is -0.151. The van der Waals surface area contributed by atoms with E-state index in [4.69, 9.17) is 33.4 Å². The van der Waals surface area contributed by atoms with Gasteiger partial charge < -0.3 is 14.5 Å². The minimum Gasteiger partial charge on any atom is -0.373 e. The number of carbonyl (C=O) groups is 1. The number of rotatable bonds is 2. The molecule has 0 amide bonds. The molecule has 60 valence electrons. The fourth-order valence-electron chi connectivity index (χ4n) is 0.151. The van der Waals surface area contributed by atoms with Gasteiger partial charge in [0.15, 0.2) is 5.56 Å². The second kappa shape index (κ2) is 3.59. The van der Waals surface area contributed by atoms with Gasteiger partial charge in [0.1, 0.15) is 11.9 Å². The van der Waals surface area contributed by atoms with E-state index in [2.05, 4.69) is 16.2 Å². The van der Waals surface area contributed by atoms with Crippen molar-refractivity contribution >= 4 is 41.0 Å². The van der Waals surface area contributed by atoms with E-state index in [0.29, 0.717) is 0 Å². The molecule has 0 saturated carbocycles. The molecule has 0 fully saturated rings. The highest BCUT2D eigenvalue weighted by Crippen LogP contribution is 2.21. The van der Waals surface area contributed by atoms with E-state index >= 15 is 0 Å². The number of halogens is 3. The van der Waals surface area contributed by atoms with Crippen LogP contribution in [0.3, 0.4) is 0 Å². The fraction of sp³-hybridized carbons (Fsp3) is 0.667. The first-order valence-electron chi connectivity index (χ1n) is 1.99. The van der Waals surface area contributed by atoms with Crippen molar-refractivity contribution in [3.8, 4) is 0 Å². The molecule has 2 atom stereocenters. The van der Waals surface area contributed by atoms with Gasteiger partial charge in [0.2, 0.25) is 0 Å². The number of alkyl halides is 2. The molecule has 0 aliphatic carbocycles. The summed E-state index contributed by atoms with van der Waals surface area (Å²) >= 11 is 14.3. The third-order valence-electron chi connectivity index (χ3n) is 0.672. The Morgan fingerprint density at radius 1 is 1.70 bits per heavy atom. The first-order valence-corrected chi connectivity index (χ1v) is 3.11. The van der Waals surface area contributed by atoms with Gasteiger partial charge in [-0.3, -0.25) is 0 Å². The summed E-state index contributed by atoms with van der Waals surface area (Å²) < 4.78 is 3.48. The molecule has 0 aromatic carbocycles. The third-order valence-corrected chi connectivity index (χ3v) is 1.60. The van der Waals surface area contributed by atoms with Crippen molar-refractivity contribution in [2.45, 2.75) is 10.6 Å². The van der Waals surface area contributed by atoms with Gasteiger partial charge >= 0.3 is 5.97 Å². The van der Waals surface area contributed by atoms with E-state index in [1.807, 2.05) is 0 Å². The maximum Gasteiger partial charge on any atom is 0.376 e. The largest absolute Gasteiger partial charge is 0.376 e. The van der Waals surface area contributed by atoms with Crippen molar-refractivity contribution in [1.82, 2.24) is 0 Å². The average Bonchev–Trinajstić information content (AvgIpc) is 1.86. The Morgan fingerprint density at radius 3 is 2.20 bits per heavy atom. The van der Waals surface area contributed by atoms with Crippen LogP contribution in [0, 0.1) is 0 Å². The van der Waals surface area contributed by atoms with Crippen LogP contribution in [0.5, 0.6) is 0 Å². The van der Waals surface area contributed by atoms with Gasteiger partial charge in [-0.25, -0.2) is 4.79 Å². The van der Waals surface area contributed by atoms with Gasteiger partial charge in [-0.1, -0.05) is 23.2 Å².